The third kappa shape index (κ3) is 2.83. The molecule has 0 saturated carbocycles. The molecule has 0 aliphatic carbocycles. The van der Waals surface area contributed by atoms with E-state index in [4.69, 9.17) is 0 Å². The molecule has 0 aliphatic rings. The zero-order chi connectivity index (χ0) is 10.7. The molecule has 0 bridgehead atoms. The molecule has 78 valence electrons. The van der Waals surface area contributed by atoms with Crippen LogP contribution >= 0.6 is 0 Å². The molecule has 0 nitrogen and oxygen atoms in total. The van der Waals surface area contributed by atoms with Gasteiger partial charge >= 0.3 is 0 Å². The standard InChI is InChI=1S/C13H19F/c1-9(2)7-11-5-6-12(14)8-13(11)10(3)4/h5-6,8-10H,7H2,1-4H3. The van der Waals surface area contributed by atoms with E-state index in [1.165, 1.54) is 5.56 Å². The number of hydrogen-bond donors (Lipinski definition) is 0. The van der Waals surface area contributed by atoms with Crippen LogP contribution in [0.1, 0.15) is 44.7 Å². The summed E-state index contributed by atoms with van der Waals surface area (Å²) in [6.45, 7) is 8.60. The van der Waals surface area contributed by atoms with Crippen molar-refractivity contribution in [2.75, 3.05) is 0 Å². The van der Waals surface area contributed by atoms with Gasteiger partial charge in [-0.1, -0.05) is 33.8 Å². The molecular weight excluding hydrogens is 175 g/mol. The van der Waals surface area contributed by atoms with Gasteiger partial charge in [-0.15, -0.1) is 0 Å². The fourth-order valence-electron chi connectivity index (χ4n) is 1.73. The minimum absolute atomic E-state index is 0.124. The van der Waals surface area contributed by atoms with Gasteiger partial charge in [0.2, 0.25) is 0 Å². The molecule has 14 heavy (non-hydrogen) atoms. The van der Waals surface area contributed by atoms with Crippen molar-refractivity contribution in [3.63, 3.8) is 0 Å². The highest BCUT2D eigenvalue weighted by Crippen LogP contribution is 2.22. The van der Waals surface area contributed by atoms with Gasteiger partial charge in [-0.05, 0) is 41.5 Å². The van der Waals surface area contributed by atoms with Gasteiger partial charge in [-0.25, -0.2) is 4.39 Å². The van der Waals surface area contributed by atoms with E-state index in [1.807, 2.05) is 6.07 Å². The summed E-state index contributed by atoms with van der Waals surface area (Å²) in [6, 6.07) is 5.15. The Morgan fingerprint density at radius 3 is 2.29 bits per heavy atom. The Labute approximate surface area is 86.2 Å². The van der Waals surface area contributed by atoms with Crippen LogP contribution in [0.25, 0.3) is 0 Å². The van der Waals surface area contributed by atoms with E-state index in [0.717, 1.165) is 12.0 Å². The minimum atomic E-state index is -0.124. The second kappa shape index (κ2) is 4.59. The summed E-state index contributed by atoms with van der Waals surface area (Å²) in [6.07, 6.45) is 1.04. The van der Waals surface area contributed by atoms with Crippen LogP contribution in [0.3, 0.4) is 0 Å². The zero-order valence-corrected chi connectivity index (χ0v) is 9.47. The summed E-state index contributed by atoms with van der Waals surface area (Å²) in [5.74, 6) is 0.901. The molecule has 0 aliphatic heterocycles. The third-order valence-corrected chi connectivity index (χ3v) is 2.36. The molecule has 1 aromatic carbocycles. The van der Waals surface area contributed by atoms with Gasteiger partial charge in [-0.3, -0.25) is 0 Å². The van der Waals surface area contributed by atoms with E-state index < -0.39 is 0 Å². The Bertz CT molecular complexity index is 300. The maximum atomic E-state index is 13.0. The molecule has 0 saturated heterocycles. The first-order valence-corrected chi connectivity index (χ1v) is 5.29. The van der Waals surface area contributed by atoms with Crippen molar-refractivity contribution in [2.24, 2.45) is 5.92 Å². The predicted molar refractivity (Wildman–Crippen MR) is 59.0 cm³/mol. The second-order valence-electron chi connectivity index (χ2n) is 4.60. The average Bonchev–Trinajstić information content (AvgIpc) is 2.07. The van der Waals surface area contributed by atoms with E-state index in [0.29, 0.717) is 11.8 Å². The lowest BCUT2D eigenvalue weighted by Gasteiger charge is -2.14. The maximum Gasteiger partial charge on any atom is 0.123 e. The van der Waals surface area contributed by atoms with Crippen LogP contribution in [0, 0.1) is 11.7 Å². The fourth-order valence-corrected chi connectivity index (χ4v) is 1.73. The number of rotatable bonds is 3. The number of benzene rings is 1. The first-order chi connectivity index (χ1) is 6.50. The van der Waals surface area contributed by atoms with Crippen LogP contribution in [0.5, 0.6) is 0 Å². The quantitative estimate of drug-likeness (QED) is 0.678. The average molecular weight is 194 g/mol. The van der Waals surface area contributed by atoms with E-state index in [1.54, 1.807) is 12.1 Å². The monoisotopic (exact) mass is 194 g/mol. The normalized spacial score (nSPS) is 11.4. The fraction of sp³-hybridized carbons (Fsp3) is 0.538. The summed E-state index contributed by atoms with van der Waals surface area (Å²) in [5, 5.41) is 0. The molecule has 0 fully saturated rings. The lowest BCUT2D eigenvalue weighted by molar-refractivity contribution is 0.610. The smallest absolute Gasteiger partial charge is 0.123 e. The summed E-state index contributed by atoms with van der Waals surface area (Å²) >= 11 is 0. The van der Waals surface area contributed by atoms with Crippen molar-refractivity contribution in [1.82, 2.24) is 0 Å². The molecule has 1 heteroatoms. The molecule has 0 atom stereocenters. The zero-order valence-electron chi connectivity index (χ0n) is 9.47. The van der Waals surface area contributed by atoms with Gasteiger partial charge in [0.1, 0.15) is 5.82 Å². The van der Waals surface area contributed by atoms with E-state index >= 15 is 0 Å². The van der Waals surface area contributed by atoms with Crippen molar-refractivity contribution < 1.29 is 4.39 Å². The van der Waals surface area contributed by atoms with Crippen LogP contribution in [0.15, 0.2) is 18.2 Å². The molecule has 0 heterocycles. The summed E-state index contributed by atoms with van der Waals surface area (Å²) in [5.41, 5.74) is 2.44. The SMILES string of the molecule is CC(C)Cc1ccc(F)cc1C(C)C. The van der Waals surface area contributed by atoms with Crippen molar-refractivity contribution in [2.45, 2.75) is 40.0 Å². The number of halogens is 1. The van der Waals surface area contributed by atoms with E-state index in [-0.39, 0.29) is 5.82 Å². The summed E-state index contributed by atoms with van der Waals surface area (Å²) in [7, 11) is 0. The van der Waals surface area contributed by atoms with Gasteiger partial charge in [0.25, 0.3) is 0 Å². The van der Waals surface area contributed by atoms with Crippen molar-refractivity contribution in [1.29, 1.82) is 0 Å². The van der Waals surface area contributed by atoms with Crippen LogP contribution < -0.4 is 0 Å². The molecule has 0 radical (unpaired) electrons. The Morgan fingerprint density at radius 1 is 1.14 bits per heavy atom. The van der Waals surface area contributed by atoms with Crippen LogP contribution in [-0.2, 0) is 6.42 Å². The van der Waals surface area contributed by atoms with Crippen LogP contribution in [0.2, 0.25) is 0 Å². The first-order valence-electron chi connectivity index (χ1n) is 5.29. The van der Waals surface area contributed by atoms with Crippen molar-refractivity contribution in [3.8, 4) is 0 Å². The molecule has 0 unspecified atom stereocenters. The topological polar surface area (TPSA) is 0 Å². The Kier molecular flexibility index (Phi) is 3.68. The molecule has 0 N–H and O–H groups in total. The van der Waals surface area contributed by atoms with Gasteiger partial charge in [0, 0.05) is 0 Å². The Balaban J connectivity index is 3.02. The predicted octanol–water partition coefficient (Wildman–Crippen LogP) is 4.15. The van der Waals surface area contributed by atoms with Crippen LogP contribution in [0.4, 0.5) is 4.39 Å². The van der Waals surface area contributed by atoms with E-state index in [2.05, 4.69) is 27.7 Å². The Morgan fingerprint density at radius 2 is 1.79 bits per heavy atom. The van der Waals surface area contributed by atoms with Crippen molar-refractivity contribution in [3.05, 3.63) is 35.1 Å². The van der Waals surface area contributed by atoms with Gasteiger partial charge in [-0.2, -0.15) is 0 Å². The molecule has 0 spiro atoms. The minimum Gasteiger partial charge on any atom is -0.207 e. The van der Waals surface area contributed by atoms with Crippen LogP contribution in [-0.4, -0.2) is 0 Å². The summed E-state index contributed by atoms with van der Waals surface area (Å²) < 4.78 is 13.0. The third-order valence-electron chi connectivity index (χ3n) is 2.36. The lowest BCUT2D eigenvalue weighted by Crippen LogP contribution is -2.01. The van der Waals surface area contributed by atoms with E-state index in [9.17, 15) is 4.39 Å². The molecule has 1 rings (SSSR count). The van der Waals surface area contributed by atoms with Gasteiger partial charge in [0.05, 0.1) is 0 Å². The van der Waals surface area contributed by atoms with Gasteiger partial charge in [0.15, 0.2) is 0 Å². The van der Waals surface area contributed by atoms with Gasteiger partial charge < -0.3 is 0 Å². The lowest BCUT2D eigenvalue weighted by atomic mass is 9.92. The van der Waals surface area contributed by atoms with Crippen molar-refractivity contribution >= 4 is 0 Å². The largest absolute Gasteiger partial charge is 0.207 e. The molecular formula is C13H19F. The highest BCUT2D eigenvalue weighted by molar-refractivity contribution is 5.30. The highest BCUT2D eigenvalue weighted by atomic mass is 19.1. The highest BCUT2D eigenvalue weighted by Gasteiger charge is 2.08. The molecule has 0 aromatic heterocycles. The maximum absolute atomic E-state index is 13.0. The summed E-state index contributed by atoms with van der Waals surface area (Å²) in [4.78, 5) is 0. The number of hydrogen-bond acceptors (Lipinski definition) is 0. The Hall–Kier alpha value is -0.850. The molecule has 0 amide bonds. The molecule has 1 aromatic rings. The first kappa shape index (κ1) is 11.2. The second-order valence-corrected chi connectivity index (χ2v) is 4.60.